The number of aromatic nitrogens is 1. The zero-order valence-corrected chi connectivity index (χ0v) is 13.1. The summed E-state index contributed by atoms with van der Waals surface area (Å²) in [5.41, 5.74) is 2.70. The van der Waals surface area contributed by atoms with Crippen molar-refractivity contribution in [2.45, 2.75) is 51.4 Å². The molecule has 0 aliphatic carbocycles. The molecule has 0 radical (unpaired) electrons. The van der Waals surface area contributed by atoms with E-state index in [0.29, 0.717) is 18.5 Å². The molecule has 4 heteroatoms. The molecule has 3 heterocycles. The topological polar surface area (TPSA) is 37.3 Å². The van der Waals surface area contributed by atoms with E-state index in [0.717, 1.165) is 26.1 Å². The summed E-state index contributed by atoms with van der Waals surface area (Å²) in [5, 5.41) is 4.41. The van der Waals surface area contributed by atoms with Crippen molar-refractivity contribution in [3.05, 3.63) is 36.0 Å². The van der Waals surface area contributed by atoms with Crippen LogP contribution in [0.25, 0.3) is 10.9 Å². The lowest BCUT2D eigenvalue weighted by Crippen LogP contribution is -2.37. The Morgan fingerprint density at radius 1 is 1.23 bits per heavy atom. The molecule has 0 spiro atoms. The van der Waals surface area contributed by atoms with Crippen LogP contribution in [0.2, 0.25) is 0 Å². The Bertz CT molecular complexity index is 705. The van der Waals surface area contributed by atoms with Crippen LogP contribution in [-0.2, 0) is 17.9 Å². The molecule has 4 nitrogen and oxygen atoms in total. The molecule has 4 rings (SSSR count). The molecule has 2 aliphatic heterocycles. The molecule has 2 fully saturated rings. The summed E-state index contributed by atoms with van der Waals surface area (Å²) in [6.07, 6.45) is 5.19. The van der Waals surface area contributed by atoms with Crippen LogP contribution in [0.15, 0.2) is 30.5 Å². The van der Waals surface area contributed by atoms with E-state index in [2.05, 4.69) is 52.2 Å². The molecule has 2 aromatic rings. The molecule has 2 bridgehead atoms. The fourth-order valence-corrected chi connectivity index (χ4v) is 4.13. The predicted molar refractivity (Wildman–Crippen MR) is 87.6 cm³/mol. The fourth-order valence-electron chi connectivity index (χ4n) is 4.13. The summed E-state index contributed by atoms with van der Waals surface area (Å²) in [6.45, 7) is 4.94. The van der Waals surface area contributed by atoms with Crippen LogP contribution in [0.3, 0.4) is 0 Å². The van der Waals surface area contributed by atoms with Gasteiger partial charge >= 0.3 is 0 Å². The molecule has 1 amide bonds. The first-order valence-corrected chi connectivity index (χ1v) is 8.35. The van der Waals surface area contributed by atoms with E-state index >= 15 is 0 Å². The molecule has 2 saturated heterocycles. The first-order valence-electron chi connectivity index (χ1n) is 8.35. The molecule has 1 aromatic heterocycles. The van der Waals surface area contributed by atoms with Gasteiger partial charge in [0.05, 0.1) is 0 Å². The number of nitrogens with one attached hydrogen (secondary N) is 1. The maximum atomic E-state index is 11.8. The lowest BCUT2D eigenvalue weighted by Gasteiger charge is -2.27. The standard InChI is InChI=1S/C18H23N3O/c1-2-20-9-8-16-13(4-3-5-17(16)20)12-21-14-6-7-15(21)11-19-18(22)10-14/h3-5,8-9,14-15H,2,6-7,10-12H2,1H3,(H,19,22)/t14-,15+/m0/s1. The van der Waals surface area contributed by atoms with Crippen LogP contribution in [-0.4, -0.2) is 34.0 Å². The number of carbonyl (C=O) groups excluding carboxylic acids is 1. The van der Waals surface area contributed by atoms with Gasteiger partial charge in [-0.3, -0.25) is 9.69 Å². The molecule has 22 heavy (non-hydrogen) atoms. The van der Waals surface area contributed by atoms with E-state index in [4.69, 9.17) is 0 Å². The number of rotatable bonds is 3. The summed E-state index contributed by atoms with van der Waals surface area (Å²) in [5.74, 6) is 0.215. The smallest absolute Gasteiger partial charge is 0.221 e. The van der Waals surface area contributed by atoms with Crippen molar-refractivity contribution in [1.82, 2.24) is 14.8 Å². The minimum atomic E-state index is 0.215. The average molecular weight is 297 g/mol. The lowest BCUT2D eigenvalue weighted by atomic mass is 10.1. The molecular formula is C18H23N3O. The van der Waals surface area contributed by atoms with Gasteiger partial charge in [0.25, 0.3) is 0 Å². The molecule has 2 aliphatic rings. The van der Waals surface area contributed by atoms with Crippen molar-refractivity contribution in [3.63, 3.8) is 0 Å². The maximum absolute atomic E-state index is 11.8. The van der Waals surface area contributed by atoms with E-state index in [1.54, 1.807) is 0 Å². The van der Waals surface area contributed by atoms with Crippen molar-refractivity contribution < 1.29 is 4.79 Å². The highest BCUT2D eigenvalue weighted by Crippen LogP contribution is 2.31. The van der Waals surface area contributed by atoms with Gasteiger partial charge in [0.1, 0.15) is 0 Å². The van der Waals surface area contributed by atoms with Gasteiger partial charge in [0, 0.05) is 55.2 Å². The predicted octanol–water partition coefficient (Wildman–Crippen LogP) is 2.51. The van der Waals surface area contributed by atoms with Gasteiger partial charge < -0.3 is 9.88 Å². The zero-order chi connectivity index (χ0) is 15.1. The van der Waals surface area contributed by atoms with Crippen molar-refractivity contribution in [2.75, 3.05) is 6.54 Å². The first kappa shape index (κ1) is 13.8. The highest BCUT2D eigenvalue weighted by molar-refractivity contribution is 5.83. The Morgan fingerprint density at radius 2 is 2.09 bits per heavy atom. The number of hydrogen-bond acceptors (Lipinski definition) is 2. The molecule has 2 atom stereocenters. The van der Waals surface area contributed by atoms with Crippen molar-refractivity contribution in [3.8, 4) is 0 Å². The normalized spacial score (nSPS) is 25.4. The Morgan fingerprint density at radius 3 is 2.95 bits per heavy atom. The number of carbonyl (C=O) groups is 1. The van der Waals surface area contributed by atoms with E-state index in [1.807, 2.05) is 0 Å². The number of benzene rings is 1. The number of fused-ring (bicyclic) bond motifs is 3. The first-order chi connectivity index (χ1) is 10.8. The quantitative estimate of drug-likeness (QED) is 0.945. The number of amides is 1. The van der Waals surface area contributed by atoms with Crippen molar-refractivity contribution >= 4 is 16.8 Å². The summed E-state index contributed by atoms with van der Waals surface area (Å²) in [7, 11) is 0. The minimum absolute atomic E-state index is 0.215. The second kappa shape index (κ2) is 5.43. The third-order valence-corrected chi connectivity index (χ3v) is 5.32. The van der Waals surface area contributed by atoms with Gasteiger partial charge in [-0.15, -0.1) is 0 Å². The number of aryl methyl sites for hydroxylation is 1. The average Bonchev–Trinajstić information content (AvgIpc) is 3.05. The highest BCUT2D eigenvalue weighted by atomic mass is 16.1. The summed E-state index contributed by atoms with van der Waals surface area (Å²) >= 11 is 0. The third kappa shape index (κ3) is 2.22. The largest absolute Gasteiger partial charge is 0.354 e. The van der Waals surface area contributed by atoms with Gasteiger partial charge in [-0.1, -0.05) is 12.1 Å². The second-order valence-corrected chi connectivity index (χ2v) is 6.52. The van der Waals surface area contributed by atoms with Crippen LogP contribution in [0.5, 0.6) is 0 Å². The van der Waals surface area contributed by atoms with Crippen molar-refractivity contribution in [1.29, 1.82) is 0 Å². The van der Waals surface area contributed by atoms with E-state index < -0.39 is 0 Å². The van der Waals surface area contributed by atoms with Gasteiger partial charge in [-0.2, -0.15) is 0 Å². The second-order valence-electron chi connectivity index (χ2n) is 6.52. The fraction of sp³-hybridized carbons (Fsp3) is 0.500. The van der Waals surface area contributed by atoms with Gasteiger partial charge in [0.2, 0.25) is 5.91 Å². The monoisotopic (exact) mass is 297 g/mol. The molecule has 1 N–H and O–H groups in total. The van der Waals surface area contributed by atoms with Crippen molar-refractivity contribution in [2.24, 2.45) is 0 Å². The van der Waals surface area contributed by atoms with Crippen LogP contribution in [0, 0.1) is 0 Å². The summed E-state index contributed by atoms with van der Waals surface area (Å²) in [6, 6.07) is 9.74. The molecule has 0 saturated carbocycles. The van der Waals surface area contributed by atoms with Crippen LogP contribution < -0.4 is 5.32 Å². The Labute approximate surface area is 131 Å². The maximum Gasteiger partial charge on any atom is 0.221 e. The lowest BCUT2D eigenvalue weighted by molar-refractivity contribution is -0.121. The van der Waals surface area contributed by atoms with Gasteiger partial charge in [-0.25, -0.2) is 0 Å². The van der Waals surface area contributed by atoms with E-state index in [-0.39, 0.29) is 5.91 Å². The Balaban J connectivity index is 1.66. The van der Waals surface area contributed by atoms with E-state index in [9.17, 15) is 4.79 Å². The zero-order valence-electron chi connectivity index (χ0n) is 13.1. The molecule has 116 valence electrons. The molecule has 0 unspecified atom stereocenters. The van der Waals surface area contributed by atoms with Gasteiger partial charge in [0.15, 0.2) is 0 Å². The van der Waals surface area contributed by atoms with Crippen LogP contribution in [0.4, 0.5) is 0 Å². The summed E-state index contributed by atoms with van der Waals surface area (Å²) < 4.78 is 2.29. The van der Waals surface area contributed by atoms with Crippen LogP contribution in [0.1, 0.15) is 31.7 Å². The third-order valence-electron chi connectivity index (χ3n) is 5.32. The summed E-state index contributed by atoms with van der Waals surface area (Å²) in [4.78, 5) is 14.3. The van der Waals surface area contributed by atoms with E-state index in [1.165, 1.54) is 22.9 Å². The molecule has 1 aromatic carbocycles. The van der Waals surface area contributed by atoms with Crippen LogP contribution >= 0.6 is 0 Å². The molecular weight excluding hydrogens is 274 g/mol. The minimum Gasteiger partial charge on any atom is -0.354 e. The Hall–Kier alpha value is -1.81. The Kier molecular flexibility index (Phi) is 3.41. The SMILES string of the molecule is CCn1ccc2c(CN3[C@@H]4CC[C@H]3CC(=O)NC4)cccc21. The number of hydrogen-bond donors (Lipinski definition) is 1. The number of nitrogens with zero attached hydrogens (tertiary/aromatic N) is 2. The van der Waals surface area contributed by atoms with Gasteiger partial charge in [-0.05, 0) is 37.5 Å². The highest BCUT2D eigenvalue weighted by Gasteiger charge is 2.37.